The minimum atomic E-state index is -1.50. The molecule has 0 aromatic heterocycles. The lowest BCUT2D eigenvalue weighted by atomic mass is 10.0. The molecule has 0 aliphatic carbocycles. The van der Waals surface area contributed by atoms with Crippen molar-refractivity contribution >= 4 is 11.8 Å². The molecule has 1 rings (SSSR count). The quantitative estimate of drug-likeness (QED) is 0.427. The molecule has 1 aromatic carbocycles. The van der Waals surface area contributed by atoms with Gasteiger partial charge in [-0.05, 0) is 17.7 Å². The topological polar surface area (TPSA) is 93.7 Å². The fraction of sp³-hybridized carbons (Fsp3) is 0.200. The number of nitrogens with zero attached hydrogens (tertiary/aromatic N) is 2. The summed E-state index contributed by atoms with van der Waals surface area (Å²) in [5, 5.41) is 26.9. The highest BCUT2D eigenvalue weighted by Crippen LogP contribution is 2.21. The van der Waals surface area contributed by atoms with Gasteiger partial charge in [-0.15, -0.1) is 0 Å². The van der Waals surface area contributed by atoms with Crippen molar-refractivity contribution in [1.82, 2.24) is 0 Å². The molecule has 0 amide bonds. The molecule has 2 atom stereocenters. The molecule has 0 spiro atoms. The summed E-state index contributed by atoms with van der Waals surface area (Å²) in [6.45, 7) is 0. The molecule has 2 N–H and O–H groups in total. The van der Waals surface area contributed by atoms with E-state index < -0.39 is 12.2 Å². The molecule has 15 heavy (non-hydrogen) atoms. The number of hydrogen-bond donors (Lipinski definition) is 2. The minimum Gasteiger partial charge on any atom is -0.385 e. The van der Waals surface area contributed by atoms with E-state index in [0.717, 1.165) is 0 Å². The van der Waals surface area contributed by atoms with Gasteiger partial charge in [-0.25, -0.2) is 4.79 Å². The van der Waals surface area contributed by atoms with Crippen LogP contribution in [0.4, 0.5) is 5.69 Å². The fourth-order valence-corrected chi connectivity index (χ4v) is 1.08. The Kier molecular flexibility index (Phi) is 3.72. The van der Waals surface area contributed by atoms with Crippen LogP contribution >= 0.6 is 0 Å². The number of carbonyl (C=O) groups excluding carboxylic acids is 1. The zero-order valence-electron chi connectivity index (χ0n) is 7.66. The van der Waals surface area contributed by atoms with Crippen LogP contribution in [0.25, 0.3) is 0 Å². The molecule has 0 bridgehead atoms. The first-order chi connectivity index (χ1) is 7.19. The summed E-state index contributed by atoms with van der Waals surface area (Å²) in [6, 6.07) is 7.53. The molecule has 76 valence electrons. The number of rotatable bonds is 3. The van der Waals surface area contributed by atoms with E-state index in [0.29, 0.717) is 11.3 Å². The molecule has 0 saturated heterocycles. The normalized spacial score (nSPS) is 13.4. The second-order valence-electron chi connectivity index (χ2n) is 2.82. The Labute approximate surface area is 85.9 Å². The van der Waals surface area contributed by atoms with Gasteiger partial charge in [0, 0.05) is 0 Å². The first-order valence-corrected chi connectivity index (χ1v) is 4.12. The van der Waals surface area contributed by atoms with Gasteiger partial charge in [-0.1, -0.05) is 12.1 Å². The Morgan fingerprint density at radius 3 is 2.73 bits per heavy atom. The van der Waals surface area contributed by atoms with E-state index in [2.05, 4.69) is 4.99 Å². The van der Waals surface area contributed by atoms with Crippen molar-refractivity contribution in [3.63, 3.8) is 0 Å². The molecule has 0 fully saturated rings. The van der Waals surface area contributed by atoms with Gasteiger partial charge in [0.05, 0.1) is 11.8 Å². The van der Waals surface area contributed by atoms with Crippen LogP contribution in [0, 0.1) is 11.3 Å². The van der Waals surface area contributed by atoms with Crippen LogP contribution in [0.3, 0.4) is 0 Å². The summed E-state index contributed by atoms with van der Waals surface area (Å²) >= 11 is 0. The Balaban J connectivity index is 3.00. The average Bonchev–Trinajstić information content (AvgIpc) is 2.28. The fourth-order valence-electron chi connectivity index (χ4n) is 1.08. The molecule has 1 aromatic rings. The van der Waals surface area contributed by atoms with E-state index in [1.165, 1.54) is 24.3 Å². The number of isocyanates is 1. The van der Waals surface area contributed by atoms with Gasteiger partial charge >= 0.3 is 0 Å². The number of benzene rings is 1. The number of hydrogen-bond acceptors (Lipinski definition) is 5. The minimum absolute atomic E-state index is 0.312. The molecule has 0 saturated carbocycles. The molecular formula is C10H8N2O3. The highest BCUT2D eigenvalue weighted by atomic mass is 16.3. The number of aliphatic hydroxyl groups is 2. The maximum Gasteiger partial charge on any atom is 0.240 e. The average molecular weight is 204 g/mol. The number of nitriles is 1. The van der Waals surface area contributed by atoms with Crippen molar-refractivity contribution in [2.24, 2.45) is 4.99 Å². The van der Waals surface area contributed by atoms with E-state index in [4.69, 9.17) is 10.4 Å². The first-order valence-electron chi connectivity index (χ1n) is 4.12. The van der Waals surface area contributed by atoms with Crippen LogP contribution in [0.5, 0.6) is 0 Å². The van der Waals surface area contributed by atoms with Crippen molar-refractivity contribution in [2.75, 3.05) is 0 Å². The molecule has 0 aliphatic rings. The number of aliphatic imine (C=N–C) groups is 1. The molecule has 0 radical (unpaired) electrons. The van der Waals surface area contributed by atoms with Crippen LogP contribution in [0.1, 0.15) is 11.7 Å². The van der Waals surface area contributed by atoms with Crippen LogP contribution < -0.4 is 0 Å². The molecule has 0 heterocycles. The number of aliphatic hydroxyl groups excluding tert-OH is 2. The molecule has 2 unspecified atom stereocenters. The summed E-state index contributed by atoms with van der Waals surface area (Å²) in [5.41, 5.74) is 0.632. The van der Waals surface area contributed by atoms with Gasteiger partial charge in [0.1, 0.15) is 6.10 Å². The van der Waals surface area contributed by atoms with Gasteiger partial charge in [0.15, 0.2) is 6.10 Å². The third-order valence-corrected chi connectivity index (χ3v) is 1.82. The van der Waals surface area contributed by atoms with Gasteiger partial charge < -0.3 is 10.2 Å². The van der Waals surface area contributed by atoms with E-state index in [9.17, 15) is 9.90 Å². The Hall–Kier alpha value is -1.99. The van der Waals surface area contributed by atoms with Crippen molar-refractivity contribution in [2.45, 2.75) is 12.2 Å². The lowest BCUT2D eigenvalue weighted by Gasteiger charge is -2.11. The second kappa shape index (κ2) is 5.03. The summed E-state index contributed by atoms with van der Waals surface area (Å²) in [6.07, 6.45) is -1.45. The highest BCUT2D eigenvalue weighted by molar-refractivity contribution is 5.50. The Morgan fingerprint density at radius 1 is 1.40 bits per heavy atom. The maximum atomic E-state index is 9.99. The van der Waals surface area contributed by atoms with E-state index in [-0.39, 0.29) is 0 Å². The highest BCUT2D eigenvalue weighted by Gasteiger charge is 2.17. The van der Waals surface area contributed by atoms with Crippen LogP contribution in [-0.2, 0) is 4.79 Å². The summed E-state index contributed by atoms with van der Waals surface area (Å²) in [5.74, 6) is 0. The van der Waals surface area contributed by atoms with Gasteiger partial charge in [-0.2, -0.15) is 10.3 Å². The van der Waals surface area contributed by atoms with Crippen molar-refractivity contribution in [1.29, 1.82) is 5.26 Å². The van der Waals surface area contributed by atoms with Gasteiger partial charge in [-0.3, -0.25) is 0 Å². The Bertz CT molecular complexity index is 433. The Morgan fingerprint density at radius 2 is 2.13 bits per heavy atom. The largest absolute Gasteiger partial charge is 0.385 e. The maximum absolute atomic E-state index is 9.99. The summed E-state index contributed by atoms with van der Waals surface area (Å²) < 4.78 is 0. The molecule has 5 heteroatoms. The predicted octanol–water partition coefficient (Wildman–Crippen LogP) is 0.572. The standard InChI is InChI=1S/C10H8N2O3/c11-5-9(14)10(15)7-2-1-3-8(4-7)12-6-13/h1-4,9-10,14-15H. The van der Waals surface area contributed by atoms with E-state index >= 15 is 0 Å². The third-order valence-electron chi connectivity index (χ3n) is 1.82. The molecular weight excluding hydrogens is 196 g/mol. The van der Waals surface area contributed by atoms with Crippen LogP contribution in [0.15, 0.2) is 29.3 Å². The predicted molar refractivity (Wildman–Crippen MR) is 50.8 cm³/mol. The van der Waals surface area contributed by atoms with Gasteiger partial charge in [0.25, 0.3) is 0 Å². The van der Waals surface area contributed by atoms with Crippen LogP contribution in [0.2, 0.25) is 0 Å². The summed E-state index contributed by atoms with van der Waals surface area (Å²) in [7, 11) is 0. The molecule has 0 aliphatic heterocycles. The SMILES string of the molecule is N#CC(O)C(O)c1cccc(N=C=O)c1. The zero-order valence-corrected chi connectivity index (χ0v) is 7.66. The monoisotopic (exact) mass is 204 g/mol. The third kappa shape index (κ3) is 2.73. The smallest absolute Gasteiger partial charge is 0.240 e. The first kappa shape index (κ1) is 11.1. The summed E-state index contributed by atoms with van der Waals surface area (Å²) in [4.78, 5) is 13.3. The van der Waals surface area contributed by atoms with Crippen molar-refractivity contribution in [3.05, 3.63) is 29.8 Å². The molecule has 5 nitrogen and oxygen atoms in total. The lowest BCUT2D eigenvalue weighted by Crippen LogP contribution is -2.15. The van der Waals surface area contributed by atoms with E-state index in [1.54, 1.807) is 12.1 Å². The second-order valence-corrected chi connectivity index (χ2v) is 2.82. The zero-order chi connectivity index (χ0) is 11.3. The van der Waals surface area contributed by atoms with Crippen LogP contribution in [-0.4, -0.2) is 22.4 Å². The van der Waals surface area contributed by atoms with Crippen molar-refractivity contribution in [3.8, 4) is 6.07 Å². The lowest BCUT2D eigenvalue weighted by molar-refractivity contribution is 0.0528. The van der Waals surface area contributed by atoms with Crippen molar-refractivity contribution < 1.29 is 15.0 Å². The van der Waals surface area contributed by atoms with E-state index in [1.807, 2.05) is 0 Å². The van der Waals surface area contributed by atoms with Gasteiger partial charge in [0.2, 0.25) is 6.08 Å².